The molecule has 0 aromatic heterocycles. The molecule has 2 N–H and O–H groups in total. The molecule has 6 heteroatoms. The van der Waals surface area contributed by atoms with Gasteiger partial charge in [-0.05, 0) is 13.3 Å². The lowest BCUT2D eigenvalue weighted by Crippen LogP contribution is -2.50. The fourth-order valence-corrected chi connectivity index (χ4v) is 3.50. The van der Waals surface area contributed by atoms with E-state index < -0.39 is 9.84 Å². The molecule has 1 heterocycles. The number of hydrogen-bond acceptors (Lipinski definition) is 5. The summed E-state index contributed by atoms with van der Waals surface area (Å²) < 4.78 is 28.9. The summed E-state index contributed by atoms with van der Waals surface area (Å²) in [6.45, 7) is 6.49. The number of hydrogen-bond donors (Lipinski definition) is 1. The number of nitrogens with two attached hydrogens (primary N) is 1. The second kappa shape index (κ2) is 6.68. The standard InChI is InChI=1S/C11H24N2O3S/c1-3-5-17(14,15)6-4-13-8-10(2)16-11(7-12)9-13/h10-11H,3-9,12H2,1-2H3. The molecule has 1 saturated heterocycles. The van der Waals surface area contributed by atoms with E-state index in [1.165, 1.54) is 0 Å². The molecular weight excluding hydrogens is 240 g/mol. The van der Waals surface area contributed by atoms with Gasteiger partial charge < -0.3 is 10.5 Å². The molecule has 1 fully saturated rings. The number of nitrogens with zero attached hydrogens (tertiary/aromatic N) is 1. The fourth-order valence-electron chi connectivity index (χ4n) is 2.13. The Labute approximate surface area is 104 Å². The smallest absolute Gasteiger partial charge is 0.151 e. The monoisotopic (exact) mass is 264 g/mol. The van der Waals surface area contributed by atoms with Gasteiger partial charge in [-0.25, -0.2) is 8.42 Å². The predicted octanol–water partition coefficient (Wildman–Crippen LogP) is -0.141. The molecule has 1 rings (SSSR count). The van der Waals surface area contributed by atoms with Crippen molar-refractivity contribution in [2.24, 2.45) is 5.73 Å². The van der Waals surface area contributed by atoms with Gasteiger partial charge in [0.1, 0.15) is 0 Å². The zero-order chi connectivity index (χ0) is 12.9. The van der Waals surface area contributed by atoms with E-state index in [0.29, 0.717) is 19.5 Å². The molecular formula is C11H24N2O3S. The first-order valence-corrected chi connectivity index (χ1v) is 8.07. The molecule has 0 amide bonds. The molecule has 102 valence electrons. The fraction of sp³-hybridized carbons (Fsp3) is 1.00. The zero-order valence-corrected chi connectivity index (χ0v) is 11.6. The Kier molecular flexibility index (Phi) is 5.85. The highest BCUT2D eigenvalue weighted by molar-refractivity contribution is 7.91. The van der Waals surface area contributed by atoms with Crippen LogP contribution in [0.2, 0.25) is 0 Å². The number of morpholine rings is 1. The van der Waals surface area contributed by atoms with Crippen molar-refractivity contribution in [2.75, 3.05) is 37.7 Å². The molecule has 5 nitrogen and oxygen atoms in total. The summed E-state index contributed by atoms with van der Waals surface area (Å²) in [5.74, 6) is 0.526. The first-order valence-electron chi connectivity index (χ1n) is 6.25. The average molecular weight is 264 g/mol. The highest BCUT2D eigenvalue weighted by atomic mass is 32.2. The predicted molar refractivity (Wildman–Crippen MR) is 68.8 cm³/mol. The van der Waals surface area contributed by atoms with E-state index in [1.54, 1.807) is 0 Å². The van der Waals surface area contributed by atoms with Crippen LogP contribution < -0.4 is 5.73 Å². The maximum atomic E-state index is 11.6. The van der Waals surface area contributed by atoms with Gasteiger partial charge in [0.25, 0.3) is 0 Å². The van der Waals surface area contributed by atoms with Gasteiger partial charge in [0, 0.05) is 31.9 Å². The van der Waals surface area contributed by atoms with E-state index in [4.69, 9.17) is 10.5 Å². The molecule has 0 saturated carbocycles. The van der Waals surface area contributed by atoms with Crippen molar-refractivity contribution in [2.45, 2.75) is 32.5 Å². The van der Waals surface area contributed by atoms with Crippen LogP contribution in [0.5, 0.6) is 0 Å². The van der Waals surface area contributed by atoms with Crippen LogP contribution in [0.4, 0.5) is 0 Å². The highest BCUT2D eigenvalue weighted by Gasteiger charge is 2.25. The van der Waals surface area contributed by atoms with Gasteiger partial charge in [-0.2, -0.15) is 0 Å². The molecule has 0 aromatic carbocycles. The molecule has 0 spiro atoms. The maximum absolute atomic E-state index is 11.6. The van der Waals surface area contributed by atoms with Crippen LogP contribution in [0.1, 0.15) is 20.3 Å². The van der Waals surface area contributed by atoms with Gasteiger partial charge in [0.2, 0.25) is 0 Å². The number of ether oxygens (including phenoxy) is 1. The van der Waals surface area contributed by atoms with Crippen molar-refractivity contribution in [3.05, 3.63) is 0 Å². The van der Waals surface area contributed by atoms with Crippen molar-refractivity contribution in [1.29, 1.82) is 0 Å². The van der Waals surface area contributed by atoms with Crippen LogP contribution in [0.15, 0.2) is 0 Å². The summed E-state index contributed by atoms with van der Waals surface area (Å²) in [5, 5.41) is 0. The van der Waals surface area contributed by atoms with Gasteiger partial charge in [-0.15, -0.1) is 0 Å². The molecule has 0 bridgehead atoms. The molecule has 2 atom stereocenters. The lowest BCUT2D eigenvalue weighted by Gasteiger charge is -2.36. The third kappa shape index (κ3) is 5.33. The third-order valence-electron chi connectivity index (χ3n) is 2.90. The normalized spacial score (nSPS) is 27.2. The molecule has 1 aliphatic rings. The van der Waals surface area contributed by atoms with Crippen molar-refractivity contribution in [1.82, 2.24) is 4.90 Å². The van der Waals surface area contributed by atoms with E-state index in [2.05, 4.69) is 4.90 Å². The summed E-state index contributed by atoms with van der Waals surface area (Å²) in [4.78, 5) is 2.14. The Morgan fingerprint density at radius 3 is 2.65 bits per heavy atom. The second-order valence-corrected chi connectivity index (χ2v) is 7.02. The van der Waals surface area contributed by atoms with Crippen LogP contribution in [-0.2, 0) is 14.6 Å². The Balaban J connectivity index is 2.41. The topological polar surface area (TPSA) is 72.6 Å². The zero-order valence-electron chi connectivity index (χ0n) is 10.8. The molecule has 0 aromatic rings. The first-order chi connectivity index (χ1) is 7.96. The largest absolute Gasteiger partial charge is 0.371 e. The van der Waals surface area contributed by atoms with Gasteiger partial charge in [-0.3, -0.25) is 4.90 Å². The Morgan fingerprint density at radius 2 is 2.06 bits per heavy atom. The van der Waals surface area contributed by atoms with E-state index >= 15 is 0 Å². The maximum Gasteiger partial charge on any atom is 0.151 e. The van der Waals surface area contributed by atoms with Crippen LogP contribution in [-0.4, -0.2) is 63.2 Å². The van der Waals surface area contributed by atoms with E-state index in [0.717, 1.165) is 13.1 Å². The highest BCUT2D eigenvalue weighted by Crippen LogP contribution is 2.10. The summed E-state index contributed by atoms with van der Waals surface area (Å²) in [7, 11) is -2.89. The lowest BCUT2D eigenvalue weighted by molar-refractivity contribution is -0.0703. The minimum absolute atomic E-state index is 0.0348. The molecule has 1 aliphatic heterocycles. The minimum atomic E-state index is -2.89. The van der Waals surface area contributed by atoms with Gasteiger partial charge >= 0.3 is 0 Å². The van der Waals surface area contributed by atoms with Crippen LogP contribution in [0.25, 0.3) is 0 Å². The van der Waals surface area contributed by atoms with Gasteiger partial charge in [0.05, 0.1) is 18.0 Å². The molecule has 0 aliphatic carbocycles. The minimum Gasteiger partial charge on any atom is -0.371 e. The second-order valence-electron chi connectivity index (χ2n) is 4.72. The van der Waals surface area contributed by atoms with Crippen molar-refractivity contribution >= 4 is 9.84 Å². The third-order valence-corrected chi connectivity index (χ3v) is 4.73. The Hall–Kier alpha value is -0.170. The average Bonchev–Trinajstić information content (AvgIpc) is 2.26. The van der Waals surface area contributed by atoms with Crippen molar-refractivity contribution in [3.63, 3.8) is 0 Å². The van der Waals surface area contributed by atoms with Crippen molar-refractivity contribution in [3.8, 4) is 0 Å². The van der Waals surface area contributed by atoms with E-state index in [9.17, 15) is 8.42 Å². The summed E-state index contributed by atoms with van der Waals surface area (Å²) in [6.07, 6.45) is 0.853. The van der Waals surface area contributed by atoms with Crippen molar-refractivity contribution < 1.29 is 13.2 Å². The SMILES string of the molecule is CCCS(=O)(=O)CCN1CC(C)OC(CN)C1. The van der Waals surface area contributed by atoms with E-state index in [1.807, 2.05) is 13.8 Å². The number of rotatable bonds is 6. The summed E-state index contributed by atoms with van der Waals surface area (Å²) >= 11 is 0. The quantitative estimate of drug-likeness (QED) is 0.723. The van der Waals surface area contributed by atoms with Crippen LogP contribution >= 0.6 is 0 Å². The number of sulfone groups is 1. The first kappa shape index (κ1) is 14.9. The molecule has 0 radical (unpaired) electrons. The summed E-state index contributed by atoms with van der Waals surface area (Å²) in [6, 6.07) is 0. The lowest BCUT2D eigenvalue weighted by atomic mass is 10.2. The molecule has 17 heavy (non-hydrogen) atoms. The van der Waals surface area contributed by atoms with E-state index in [-0.39, 0.29) is 23.7 Å². The Morgan fingerprint density at radius 1 is 1.35 bits per heavy atom. The summed E-state index contributed by atoms with van der Waals surface area (Å²) in [5.41, 5.74) is 5.59. The van der Waals surface area contributed by atoms with Gasteiger partial charge in [0.15, 0.2) is 9.84 Å². The van der Waals surface area contributed by atoms with Gasteiger partial charge in [-0.1, -0.05) is 6.92 Å². The Bertz CT molecular complexity index is 319. The molecule has 2 unspecified atom stereocenters. The van der Waals surface area contributed by atoms with Crippen LogP contribution in [0.3, 0.4) is 0 Å². The van der Waals surface area contributed by atoms with Crippen LogP contribution in [0, 0.1) is 0 Å².